The van der Waals surface area contributed by atoms with Crippen molar-refractivity contribution in [3.05, 3.63) is 17.7 Å². The number of methoxy groups -OCH3 is 3. The van der Waals surface area contributed by atoms with Crippen molar-refractivity contribution < 1.29 is 26.8 Å². The lowest BCUT2D eigenvalue weighted by Crippen LogP contribution is -2.05. The molecule has 0 spiro atoms. The molecule has 0 aliphatic heterocycles. The molecule has 0 aliphatic carbocycles. The average Bonchev–Trinajstić information content (AvgIpc) is 2.33. The molecule has 0 fully saturated rings. The smallest absolute Gasteiger partial charge is 0.264 e. The number of hydrogen-bond acceptors (Lipinski definition) is 6. The lowest BCUT2D eigenvalue weighted by atomic mass is 10.2. The van der Waals surface area contributed by atoms with E-state index in [0.29, 0.717) is 22.8 Å². The van der Waals surface area contributed by atoms with E-state index < -0.39 is 10.1 Å². The highest BCUT2D eigenvalue weighted by molar-refractivity contribution is 7.85. The Labute approximate surface area is 107 Å². The van der Waals surface area contributed by atoms with Gasteiger partial charge < -0.3 is 14.2 Å². The molecule has 1 aromatic rings. The second-order valence-electron chi connectivity index (χ2n) is 3.46. The molecule has 0 bridgehead atoms. The van der Waals surface area contributed by atoms with Crippen LogP contribution in [-0.2, 0) is 20.9 Å². The van der Waals surface area contributed by atoms with Crippen molar-refractivity contribution in [3.8, 4) is 17.2 Å². The Bertz CT molecular complexity index is 509. The van der Waals surface area contributed by atoms with Crippen LogP contribution in [0.5, 0.6) is 17.2 Å². The first-order chi connectivity index (χ1) is 8.42. The van der Waals surface area contributed by atoms with Crippen LogP contribution in [0, 0.1) is 0 Å². The van der Waals surface area contributed by atoms with Crippen molar-refractivity contribution in [2.75, 3.05) is 27.6 Å². The van der Waals surface area contributed by atoms with Crippen molar-refractivity contribution in [2.45, 2.75) is 6.61 Å². The number of ether oxygens (including phenoxy) is 3. The second-order valence-corrected chi connectivity index (χ2v) is 5.10. The minimum Gasteiger partial charge on any atom is -0.493 e. The van der Waals surface area contributed by atoms with Gasteiger partial charge in [0.2, 0.25) is 5.75 Å². The zero-order chi connectivity index (χ0) is 13.8. The Kier molecular flexibility index (Phi) is 4.80. The molecule has 0 aliphatic rings. The molecule has 18 heavy (non-hydrogen) atoms. The third-order valence-corrected chi connectivity index (χ3v) is 2.76. The Morgan fingerprint density at radius 3 is 2.06 bits per heavy atom. The molecule has 0 atom stereocenters. The summed E-state index contributed by atoms with van der Waals surface area (Å²) in [7, 11) is 0.927. The molecule has 0 heterocycles. The summed E-state index contributed by atoms with van der Waals surface area (Å²) in [6.07, 6.45) is 0.986. The molecule has 0 aromatic heterocycles. The Hall–Kier alpha value is -1.47. The van der Waals surface area contributed by atoms with Crippen molar-refractivity contribution in [2.24, 2.45) is 0 Å². The molecule has 7 heteroatoms. The predicted molar refractivity (Wildman–Crippen MR) is 65.7 cm³/mol. The maximum Gasteiger partial charge on any atom is 0.264 e. The van der Waals surface area contributed by atoms with E-state index in [1.165, 1.54) is 21.3 Å². The van der Waals surface area contributed by atoms with Crippen LogP contribution >= 0.6 is 0 Å². The first-order valence-corrected chi connectivity index (χ1v) is 6.86. The molecule has 0 saturated heterocycles. The van der Waals surface area contributed by atoms with Crippen LogP contribution in [0.2, 0.25) is 0 Å². The average molecular weight is 276 g/mol. The maximum atomic E-state index is 11.0. The minimum absolute atomic E-state index is 0.123. The highest BCUT2D eigenvalue weighted by Gasteiger charge is 2.16. The molecular formula is C11H16O6S. The van der Waals surface area contributed by atoms with Gasteiger partial charge in [-0.1, -0.05) is 0 Å². The summed E-state index contributed by atoms with van der Waals surface area (Å²) in [4.78, 5) is 0. The highest BCUT2D eigenvalue weighted by atomic mass is 32.2. The zero-order valence-corrected chi connectivity index (χ0v) is 11.5. The summed E-state index contributed by atoms with van der Waals surface area (Å²) >= 11 is 0. The van der Waals surface area contributed by atoms with Gasteiger partial charge in [-0.05, 0) is 12.1 Å². The molecule has 0 radical (unpaired) electrons. The van der Waals surface area contributed by atoms with Gasteiger partial charge in [-0.2, -0.15) is 8.42 Å². The van der Waals surface area contributed by atoms with Crippen molar-refractivity contribution >= 4 is 10.1 Å². The lowest BCUT2D eigenvalue weighted by Gasteiger charge is -2.15. The molecule has 102 valence electrons. The van der Waals surface area contributed by atoms with Crippen molar-refractivity contribution in [1.29, 1.82) is 0 Å². The SMILES string of the molecule is COc1ccc(COS(C)(=O)=O)c(OC)c1OC. The van der Waals surface area contributed by atoms with Gasteiger partial charge in [0.25, 0.3) is 10.1 Å². The standard InChI is InChI=1S/C11H16O6S/c1-14-9-6-5-8(7-17-18(4,12)13)10(15-2)11(9)16-3/h5-6H,7H2,1-4H3. The number of benzene rings is 1. The fourth-order valence-corrected chi connectivity index (χ4v) is 1.79. The third kappa shape index (κ3) is 3.51. The predicted octanol–water partition coefficient (Wildman–Crippen LogP) is 1.19. The minimum atomic E-state index is -3.51. The third-order valence-electron chi connectivity index (χ3n) is 2.21. The largest absolute Gasteiger partial charge is 0.493 e. The quantitative estimate of drug-likeness (QED) is 0.727. The van der Waals surface area contributed by atoms with E-state index in [2.05, 4.69) is 0 Å². The molecule has 6 nitrogen and oxygen atoms in total. The molecule has 0 amide bonds. The van der Waals surface area contributed by atoms with Crippen LogP contribution in [0.15, 0.2) is 12.1 Å². The van der Waals surface area contributed by atoms with E-state index in [1.807, 2.05) is 0 Å². The Balaban J connectivity index is 3.13. The first-order valence-electron chi connectivity index (χ1n) is 5.05. The van der Waals surface area contributed by atoms with Crippen LogP contribution in [0.4, 0.5) is 0 Å². The van der Waals surface area contributed by atoms with Gasteiger partial charge in [0.05, 0.1) is 34.2 Å². The number of hydrogen-bond donors (Lipinski definition) is 0. The fraction of sp³-hybridized carbons (Fsp3) is 0.455. The van der Waals surface area contributed by atoms with E-state index in [-0.39, 0.29) is 6.61 Å². The molecule has 0 unspecified atom stereocenters. The Morgan fingerprint density at radius 2 is 1.61 bits per heavy atom. The van der Waals surface area contributed by atoms with E-state index in [9.17, 15) is 8.42 Å². The molecule has 1 aromatic carbocycles. The zero-order valence-electron chi connectivity index (χ0n) is 10.7. The van der Waals surface area contributed by atoms with Crippen LogP contribution in [0.1, 0.15) is 5.56 Å². The summed E-state index contributed by atoms with van der Waals surface area (Å²) < 4.78 is 42.1. The van der Waals surface area contributed by atoms with Crippen molar-refractivity contribution in [3.63, 3.8) is 0 Å². The summed E-state index contributed by atoms with van der Waals surface area (Å²) in [5, 5.41) is 0. The van der Waals surface area contributed by atoms with Crippen LogP contribution < -0.4 is 14.2 Å². The summed E-state index contributed by atoms with van der Waals surface area (Å²) in [5.41, 5.74) is 0.556. The van der Waals surface area contributed by atoms with Crippen molar-refractivity contribution in [1.82, 2.24) is 0 Å². The van der Waals surface area contributed by atoms with Crippen LogP contribution in [0.25, 0.3) is 0 Å². The molecule has 0 N–H and O–H groups in total. The summed E-state index contributed by atoms with van der Waals surface area (Å²) in [6, 6.07) is 3.31. The van der Waals surface area contributed by atoms with Gasteiger partial charge in [-0.3, -0.25) is 4.18 Å². The Morgan fingerprint density at radius 1 is 1.00 bits per heavy atom. The maximum absolute atomic E-state index is 11.0. The van der Waals surface area contributed by atoms with Gasteiger partial charge in [-0.15, -0.1) is 0 Å². The molecule has 0 saturated carbocycles. The monoisotopic (exact) mass is 276 g/mol. The molecular weight excluding hydrogens is 260 g/mol. The van der Waals surface area contributed by atoms with E-state index in [1.54, 1.807) is 12.1 Å². The highest BCUT2D eigenvalue weighted by Crippen LogP contribution is 2.39. The van der Waals surface area contributed by atoms with Gasteiger partial charge in [0.1, 0.15) is 0 Å². The summed E-state index contributed by atoms with van der Waals surface area (Å²) in [5.74, 6) is 1.28. The van der Waals surface area contributed by atoms with Crippen LogP contribution in [0.3, 0.4) is 0 Å². The van der Waals surface area contributed by atoms with Gasteiger partial charge >= 0.3 is 0 Å². The summed E-state index contributed by atoms with van der Waals surface area (Å²) in [6.45, 7) is -0.123. The van der Waals surface area contributed by atoms with E-state index in [4.69, 9.17) is 18.4 Å². The van der Waals surface area contributed by atoms with Gasteiger partial charge in [-0.25, -0.2) is 0 Å². The fourth-order valence-electron chi connectivity index (χ4n) is 1.45. The van der Waals surface area contributed by atoms with E-state index in [0.717, 1.165) is 6.26 Å². The second kappa shape index (κ2) is 5.92. The van der Waals surface area contributed by atoms with Gasteiger partial charge in [0, 0.05) is 5.56 Å². The lowest BCUT2D eigenvalue weighted by molar-refractivity contribution is 0.290. The normalized spacial score (nSPS) is 11.1. The molecule has 1 rings (SSSR count). The van der Waals surface area contributed by atoms with Gasteiger partial charge in [0.15, 0.2) is 11.5 Å². The first kappa shape index (κ1) is 14.6. The van der Waals surface area contributed by atoms with Crippen LogP contribution in [-0.4, -0.2) is 36.0 Å². The topological polar surface area (TPSA) is 71.1 Å². The number of rotatable bonds is 6. The van der Waals surface area contributed by atoms with E-state index >= 15 is 0 Å².